The predicted molar refractivity (Wildman–Crippen MR) is 88.4 cm³/mol. The van der Waals surface area contributed by atoms with Gasteiger partial charge in [0.05, 0.1) is 13.2 Å². The molecule has 0 radical (unpaired) electrons. The number of nitrogens with one attached hydrogen (secondary N) is 1. The SMILES string of the molecule is Cc1ccc2c(c1)Cc1cccc(c1)CNCCOCCO2. The minimum atomic E-state index is 0.593. The summed E-state index contributed by atoms with van der Waals surface area (Å²) >= 11 is 0. The van der Waals surface area contributed by atoms with Crippen LogP contribution in [0, 0.1) is 6.92 Å². The molecule has 0 unspecified atom stereocenters. The fraction of sp³-hybridized carbons (Fsp3) is 0.368. The lowest BCUT2D eigenvalue weighted by atomic mass is 10.0. The lowest BCUT2D eigenvalue weighted by Gasteiger charge is -2.15. The van der Waals surface area contributed by atoms with Crippen molar-refractivity contribution in [3.8, 4) is 5.75 Å². The van der Waals surface area contributed by atoms with Crippen molar-refractivity contribution in [3.05, 3.63) is 64.7 Å². The molecule has 116 valence electrons. The number of benzene rings is 2. The van der Waals surface area contributed by atoms with Crippen LogP contribution >= 0.6 is 0 Å². The maximum Gasteiger partial charge on any atom is 0.122 e. The van der Waals surface area contributed by atoms with Gasteiger partial charge in [-0.25, -0.2) is 0 Å². The Hall–Kier alpha value is -1.84. The zero-order valence-corrected chi connectivity index (χ0v) is 13.1. The Labute approximate surface area is 132 Å². The van der Waals surface area contributed by atoms with Gasteiger partial charge in [-0.05, 0) is 29.7 Å². The standard InChI is InChI=1S/C19H23NO2/c1-15-5-6-19-18(11-15)13-16-3-2-4-17(12-16)14-20-7-8-21-9-10-22-19/h2-6,11-12,20H,7-10,13-14H2,1H3. The molecular formula is C19H23NO2. The first-order valence-electron chi connectivity index (χ1n) is 7.90. The lowest BCUT2D eigenvalue weighted by molar-refractivity contribution is 0.101. The van der Waals surface area contributed by atoms with Crippen LogP contribution in [-0.4, -0.2) is 26.4 Å². The highest BCUT2D eigenvalue weighted by atomic mass is 16.5. The molecule has 0 aromatic heterocycles. The van der Waals surface area contributed by atoms with Crippen molar-refractivity contribution in [2.45, 2.75) is 19.9 Å². The van der Waals surface area contributed by atoms with E-state index in [1.807, 2.05) is 0 Å². The monoisotopic (exact) mass is 297 g/mol. The smallest absolute Gasteiger partial charge is 0.122 e. The van der Waals surface area contributed by atoms with Gasteiger partial charge in [-0.3, -0.25) is 0 Å². The van der Waals surface area contributed by atoms with Crippen LogP contribution in [-0.2, 0) is 17.7 Å². The third-order valence-corrected chi connectivity index (χ3v) is 3.84. The van der Waals surface area contributed by atoms with Crippen molar-refractivity contribution < 1.29 is 9.47 Å². The molecule has 1 N–H and O–H groups in total. The zero-order valence-electron chi connectivity index (χ0n) is 13.1. The molecule has 0 saturated carbocycles. The number of rotatable bonds is 0. The lowest BCUT2D eigenvalue weighted by Crippen LogP contribution is -2.21. The molecular weight excluding hydrogens is 274 g/mol. The Morgan fingerprint density at radius 2 is 1.86 bits per heavy atom. The molecule has 2 aromatic carbocycles. The van der Waals surface area contributed by atoms with Crippen LogP contribution in [0.4, 0.5) is 0 Å². The average molecular weight is 297 g/mol. The average Bonchev–Trinajstić information content (AvgIpc) is 2.51. The van der Waals surface area contributed by atoms with Gasteiger partial charge >= 0.3 is 0 Å². The second-order valence-corrected chi connectivity index (χ2v) is 5.75. The predicted octanol–water partition coefficient (Wildman–Crippen LogP) is 3.08. The molecule has 1 heterocycles. The minimum Gasteiger partial charge on any atom is -0.491 e. The van der Waals surface area contributed by atoms with Gasteiger partial charge in [0.15, 0.2) is 0 Å². The van der Waals surface area contributed by atoms with Gasteiger partial charge in [-0.15, -0.1) is 0 Å². The van der Waals surface area contributed by atoms with E-state index in [2.05, 4.69) is 54.7 Å². The van der Waals surface area contributed by atoms with Gasteiger partial charge in [0.25, 0.3) is 0 Å². The van der Waals surface area contributed by atoms with Gasteiger partial charge in [-0.2, -0.15) is 0 Å². The molecule has 3 rings (SSSR count). The summed E-state index contributed by atoms with van der Waals surface area (Å²) in [6.07, 6.45) is 0.895. The Morgan fingerprint density at radius 1 is 0.955 bits per heavy atom. The van der Waals surface area contributed by atoms with Crippen LogP contribution < -0.4 is 10.1 Å². The van der Waals surface area contributed by atoms with E-state index >= 15 is 0 Å². The quantitative estimate of drug-likeness (QED) is 0.810. The van der Waals surface area contributed by atoms with E-state index in [1.54, 1.807) is 0 Å². The van der Waals surface area contributed by atoms with Crippen LogP contribution in [0.5, 0.6) is 5.75 Å². The topological polar surface area (TPSA) is 30.5 Å². The highest BCUT2D eigenvalue weighted by Gasteiger charge is 2.07. The summed E-state index contributed by atoms with van der Waals surface area (Å²) < 4.78 is 11.5. The van der Waals surface area contributed by atoms with Crippen molar-refractivity contribution in [2.24, 2.45) is 0 Å². The molecule has 0 amide bonds. The maximum atomic E-state index is 5.91. The molecule has 2 bridgehead atoms. The number of hydrogen-bond acceptors (Lipinski definition) is 3. The van der Waals surface area contributed by atoms with Crippen molar-refractivity contribution in [3.63, 3.8) is 0 Å². The summed E-state index contributed by atoms with van der Waals surface area (Å²) in [4.78, 5) is 0. The summed E-state index contributed by atoms with van der Waals surface area (Å²) in [7, 11) is 0. The van der Waals surface area contributed by atoms with Crippen LogP contribution in [0.2, 0.25) is 0 Å². The number of hydrogen-bond donors (Lipinski definition) is 1. The van der Waals surface area contributed by atoms with E-state index < -0.39 is 0 Å². The summed E-state index contributed by atoms with van der Waals surface area (Å²) in [5.41, 5.74) is 5.13. The summed E-state index contributed by atoms with van der Waals surface area (Å²) in [5, 5.41) is 3.41. The molecule has 0 atom stereocenters. The van der Waals surface area contributed by atoms with E-state index in [-0.39, 0.29) is 0 Å². The summed E-state index contributed by atoms with van der Waals surface area (Å²) in [5.74, 6) is 0.967. The normalized spacial score (nSPS) is 16.2. The number of aryl methyl sites for hydroxylation is 1. The first kappa shape index (κ1) is 15.1. The van der Waals surface area contributed by atoms with Crippen LogP contribution in [0.25, 0.3) is 0 Å². The van der Waals surface area contributed by atoms with Crippen molar-refractivity contribution >= 4 is 0 Å². The largest absolute Gasteiger partial charge is 0.491 e. The minimum absolute atomic E-state index is 0.593. The van der Waals surface area contributed by atoms with E-state index in [0.29, 0.717) is 19.8 Å². The number of fused-ring (bicyclic) bond motifs is 3. The van der Waals surface area contributed by atoms with E-state index in [9.17, 15) is 0 Å². The highest BCUT2D eigenvalue weighted by molar-refractivity contribution is 5.41. The van der Waals surface area contributed by atoms with E-state index in [1.165, 1.54) is 22.3 Å². The molecule has 22 heavy (non-hydrogen) atoms. The second kappa shape index (κ2) is 7.43. The Kier molecular flexibility index (Phi) is 5.09. The van der Waals surface area contributed by atoms with E-state index in [0.717, 1.165) is 25.3 Å². The maximum absolute atomic E-state index is 5.91. The first-order chi connectivity index (χ1) is 10.8. The molecule has 2 aromatic rings. The number of ether oxygens (including phenoxy) is 2. The summed E-state index contributed by atoms with van der Waals surface area (Å²) in [6.45, 7) is 5.80. The fourth-order valence-electron chi connectivity index (χ4n) is 2.75. The molecule has 3 nitrogen and oxygen atoms in total. The van der Waals surface area contributed by atoms with Crippen LogP contribution in [0.3, 0.4) is 0 Å². The van der Waals surface area contributed by atoms with Crippen molar-refractivity contribution in [1.29, 1.82) is 0 Å². The molecule has 0 aliphatic carbocycles. The fourth-order valence-corrected chi connectivity index (χ4v) is 2.75. The second-order valence-electron chi connectivity index (χ2n) is 5.75. The van der Waals surface area contributed by atoms with Crippen LogP contribution in [0.15, 0.2) is 42.5 Å². The Balaban J connectivity index is 1.88. The van der Waals surface area contributed by atoms with Gasteiger partial charge in [0, 0.05) is 19.5 Å². The van der Waals surface area contributed by atoms with Crippen molar-refractivity contribution in [2.75, 3.05) is 26.4 Å². The van der Waals surface area contributed by atoms with Crippen molar-refractivity contribution in [1.82, 2.24) is 5.32 Å². The zero-order chi connectivity index (χ0) is 15.2. The Morgan fingerprint density at radius 3 is 2.82 bits per heavy atom. The Bertz CT molecular complexity index is 625. The molecule has 1 aliphatic rings. The summed E-state index contributed by atoms with van der Waals surface area (Å²) in [6, 6.07) is 15.1. The molecule has 0 spiro atoms. The highest BCUT2D eigenvalue weighted by Crippen LogP contribution is 2.23. The molecule has 1 aliphatic heterocycles. The van der Waals surface area contributed by atoms with Gasteiger partial charge in [0.1, 0.15) is 12.4 Å². The van der Waals surface area contributed by atoms with Gasteiger partial charge in [-0.1, -0.05) is 42.0 Å². The third-order valence-electron chi connectivity index (χ3n) is 3.84. The van der Waals surface area contributed by atoms with Gasteiger partial charge in [0.2, 0.25) is 0 Å². The molecule has 0 saturated heterocycles. The molecule has 3 heteroatoms. The van der Waals surface area contributed by atoms with Gasteiger partial charge < -0.3 is 14.8 Å². The third kappa shape index (κ3) is 4.09. The first-order valence-corrected chi connectivity index (χ1v) is 7.90. The van der Waals surface area contributed by atoms with E-state index in [4.69, 9.17) is 9.47 Å². The molecule has 0 fully saturated rings. The van der Waals surface area contributed by atoms with Crippen LogP contribution in [0.1, 0.15) is 22.3 Å².